The summed E-state index contributed by atoms with van der Waals surface area (Å²) in [5.74, 6) is 1.10. The molecule has 1 fully saturated rings. The van der Waals surface area contributed by atoms with E-state index < -0.39 is 5.60 Å². The van der Waals surface area contributed by atoms with Gasteiger partial charge < -0.3 is 19.0 Å². The lowest BCUT2D eigenvalue weighted by Gasteiger charge is -2.45. The molecule has 2 amide bonds. The zero-order valence-electron chi connectivity index (χ0n) is 18.1. The number of carbonyl (C=O) groups is 2. The van der Waals surface area contributed by atoms with Crippen molar-refractivity contribution in [2.45, 2.75) is 58.6 Å². The molecular formula is C22H30N4O4. The summed E-state index contributed by atoms with van der Waals surface area (Å²) in [7, 11) is 0. The maximum Gasteiger partial charge on any atom is 0.410 e. The molecule has 8 heteroatoms. The van der Waals surface area contributed by atoms with E-state index in [0.29, 0.717) is 50.7 Å². The van der Waals surface area contributed by atoms with E-state index in [4.69, 9.17) is 9.15 Å². The lowest BCUT2D eigenvalue weighted by molar-refractivity contribution is -0.137. The number of nitrogens with zero attached hydrogens (tertiary/aromatic N) is 4. The zero-order chi connectivity index (χ0) is 21.7. The van der Waals surface area contributed by atoms with E-state index in [1.165, 1.54) is 0 Å². The van der Waals surface area contributed by atoms with Crippen molar-refractivity contribution >= 4 is 12.0 Å². The van der Waals surface area contributed by atoms with Crippen molar-refractivity contribution in [1.29, 1.82) is 0 Å². The van der Waals surface area contributed by atoms with E-state index in [1.54, 1.807) is 4.90 Å². The van der Waals surface area contributed by atoms with Crippen molar-refractivity contribution in [3.63, 3.8) is 0 Å². The molecule has 1 aromatic heterocycles. The lowest BCUT2D eigenvalue weighted by atomic mass is 10.1. The third kappa shape index (κ3) is 5.58. The van der Waals surface area contributed by atoms with Crippen LogP contribution in [0.1, 0.15) is 46.4 Å². The zero-order valence-corrected chi connectivity index (χ0v) is 18.1. The van der Waals surface area contributed by atoms with Gasteiger partial charge in [-0.1, -0.05) is 18.2 Å². The monoisotopic (exact) mass is 414 g/mol. The van der Waals surface area contributed by atoms with Gasteiger partial charge in [0.05, 0.1) is 6.04 Å². The summed E-state index contributed by atoms with van der Waals surface area (Å²) in [5, 5.41) is 8.15. The van der Waals surface area contributed by atoms with Crippen LogP contribution in [-0.4, -0.2) is 63.3 Å². The molecule has 2 aromatic rings. The van der Waals surface area contributed by atoms with Crippen LogP contribution in [0.15, 0.2) is 34.7 Å². The van der Waals surface area contributed by atoms with Crippen LogP contribution in [0.3, 0.4) is 0 Å². The van der Waals surface area contributed by atoms with Gasteiger partial charge >= 0.3 is 6.09 Å². The number of ether oxygens (including phenoxy) is 1. The highest BCUT2D eigenvalue weighted by atomic mass is 16.6. The van der Waals surface area contributed by atoms with Crippen LogP contribution in [0.4, 0.5) is 4.79 Å². The Labute approximate surface area is 177 Å². The molecule has 30 heavy (non-hydrogen) atoms. The quantitative estimate of drug-likeness (QED) is 0.689. The maximum atomic E-state index is 12.7. The van der Waals surface area contributed by atoms with Crippen molar-refractivity contribution in [2.75, 3.05) is 19.6 Å². The average molecular weight is 415 g/mol. The highest BCUT2D eigenvalue weighted by Gasteiger charge is 2.38. The highest BCUT2D eigenvalue weighted by Crippen LogP contribution is 2.21. The van der Waals surface area contributed by atoms with Crippen LogP contribution in [0.25, 0.3) is 11.5 Å². The minimum absolute atomic E-state index is 0.0445. The van der Waals surface area contributed by atoms with Crippen molar-refractivity contribution in [3.05, 3.63) is 36.2 Å². The largest absolute Gasteiger partial charge is 0.444 e. The van der Waals surface area contributed by atoms with Crippen LogP contribution in [-0.2, 0) is 16.0 Å². The topological polar surface area (TPSA) is 88.8 Å². The number of rotatable bonds is 7. The van der Waals surface area contributed by atoms with E-state index in [1.807, 2.05) is 62.9 Å². The molecule has 2 heterocycles. The van der Waals surface area contributed by atoms with Gasteiger partial charge in [0.15, 0.2) is 0 Å². The van der Waals surface area contributed by atoms with E-state index in [9.17, 15) is 9.59 Å². The van der Waals surface area contributed by atoms with E-state index in [-0.39, 0.29) is 18.0 Å². The average Bonchev–Trinajstić information content (AvgIpc) is 3.12. The molecule has 1 saturated heterocycles. The molecule has 0 unspecified atom stereocenters. The van der Waals surface area contributed by atoms with E-state index >= 15 is 0 Å². The minimum Gasteiger partial charge on any atom is -0.444 e. The van der Waals surface area contributed by atoms with Gasteiger partial charge in [-0.3, -0.25) is 4.79 Å². The molecule has 0 spiro atoms. The number of hydrogen-bond donors (Lipinski definition) is 0. The summed E-state index contributed by atoms with van der Waals surface area (Å²) >= 11 is 0. The third-order valence-electron chi connectivity index (χ3n) is 4.88. The molecule has 0 bridgehead atoms. The molecule has 0 atom stereocenters. The summed E-state index contributed by atoms with van der Waals surface area (Å²) in [4.78, 5) is 28.2. The van der Waals surface area contributed by atoms with Gasteiger partial charge in [-0.15, -0.1) is 10.2 Å². The minimum atomic E-state index is -0.516. The summed E-state index contributed by atoms with van der Waals surface area (Å²) in [5.41, 5.74) is 0.362. The van der Waals surface area contributed by atoms with Gasteiger partial charge in [0.1, 0.15) is 5.60 Å². The SMILES string of the molecule is CCN(C(=O)CCCc1nnc(-c2ccccc2)o1)C1CN(C(=O)OC(C)(C)C)C1. The summed E-state index contributed by atoms with van der Waals surface area (Å²) in [6.07, 6.45) is 1.26. The van der Waals surface area contributed by atoms with Gasteiger partial charge in [-0.05, 0) is 46.2 Å². The van der Waals surface area contributed by atoms with Gasteiger partial charge in [-0.2, -0.15) is 0 Å². The Morgan fingerprint density at radius 3 is 2.53 bits per heavy atom. The Hall–Kier alpha value is -2.90. The molecule has 0 N–H and O–H groups in total. The lowest BCUT2D eigenvalue weighted by Crippen LogP contribution is -2.62. The van der Waals surface area contributed by atoms with E-state index in [0.717, 1.165) is 5.56 Å². The number of carbonyl (C=O) groups excluding carboxylic acids is 2. The second-order valence-electron chi connectivity index (χ2n) is 8.44. The Morgan fingerprint density at radius 2 is 1.90 bits per heavy atom. The van der Waals surface area contributed by atoms with Crippen molar-refractivity contribution in [3.8, 4) is 11.5 Å². The Bertz CT molecular complexity index is 854. The molecular weight excluding hydrogens is 384 g/mol. The normalized spacial score (nSPS) is 14.3. The molecule has 1 aromatic carbocycles. The second-order valence-corrected chi connectivity index (χ2v) is 8.44. The van der Waals surface area contributed by atoms with Crippen LogP contribution in [0.5, 0.6) is 0 Å². The first-order valence-corrected chi connectivity index (χ1v) is 10.4. The number of likely N-dealkylation sites (tertiary alicyclic amines) is 1. The van der Waals surface area contributed by atoms with Gasteiger partial charge in [0.25, 0.3) is 0 Å². The maximum absolute atomic E-state index is 12.7. The van der Waals surface area contributed by atoms with Gasteiger partial charge in [-0.25, -0.2) is 4.79 Å². The standard InChI is InChI=1S/C22H30N4O4/c1-5-26(17-14-25(15-17)21(28)30-22(2,3)4)19(27)13-9-12-18-23-24-20(29-18)16-10-7-6-8-11-16/h6-8,10-11,17H,5,9,12-15H2,1-4H3. The molecule has 1 aliphatic rings. The predicted molar refractivity (Wildman–Crippen MR) is 112 cm³/mol. The number of amides is 2. The number of aryl methyl sites for hydroxylation is 1. The first-order valence-electron chi connectivity index (χ1n) is 10.4. The molecule has 0 aliphatic carbocycles. The van der Waals surface area contributed by atoms with Gasteiger partial charge in [0, 0.05) is 38.0 Å². The number of hydrogen-bond acceptors (Lipinski definition) is 6. The highest BCUT2D eigenvalue weighted by molar-refractivity contribution is 5.77. The van der Waals surface area contributed by atoms with Crippen LogP contribution >= 0.6 is 0 Å². The fourth-order valence-electron chi connectivity index (χ4n) is 3.35. The van der Waals surface area contributed by atoms with Crippen LogP contribution in [0, 0.1) is 0 Å². The Kier molecular flexibility index (Phi) is 6.74. The van der Waals surface area contributed by atoms with Crippen molar-refractivity contribution < 1.29 is 18.7 Å². The number of likely N-dealkylation sites (N-methyl/N-ethyl adjacent to an activating group) is 1. The summed E-state index contributed by atoms with van der Waals surface area (Å²) < 4.78 is 11.1. The van der Waals surface area contributed by atoms with Crippen LogP contribution in [0.2, 0.25) is 0 Å². The molecule has 8 nitrogen and oxygen atoms in total. The Morgan fingerprint density at radius 1 is 1.20 bits per heavy atom. The van der Waals surface area contributed by atoms with E-state index in [2.05, 4.69) is 10.2 Å². The number of aromatic nitrogens is 2. The predicted octanol–water partition coefficient (Wildman–Crippen LogP) is 3.53. The van der Waals surface area contributed by atoms with Crippen molar-refractivity contribution in [1.82, 2.24) is 20.0 Å². The Balaban J connectivity index is 1.43. The number of benzene rings is 1. The molecule has 162 valence electrons. The third-order valence-corrected chi connectivity index (χ3v) is 4.88. The first-order chi connectivity index (χ1) is 14.3. The fraction of sp³-hybridized carbons (Fsp3) is 0.545. The molecule has 1 aliphatic heterocycles. The molecule has 3 rings (SSSR count). The van der Waals surface area contributed by atoms with Crippen LogP contribution < -0.4 is 0 Å². The fourth-order valence-corrected chi connectivity index (χ4v) is 3.35. The first kappa shape index (κ1) is 21.8. The smallest absolute Gasteiger partial charge is 0.410 e. The van der Waals surface area contributed by atoms with Gasteiger partial charge in [0.2, 0.25) is 17.7 Å². The summed E-state index contributed by atoms with van der Waals surface area (Å²) in [6, 6.07) is 9.64. The summed E-state index contributed by atoms with van der Waals surface area (Å²) in [6.45, 7) is 9.13. The second kappa shape index (κ2) is 9.28. The molecule has 0 saturated carbocycles. The molecule has 0 radical (unpaired) electrons. The van der Waals surface area contributed by atoms with Crippen molar-refractivity contribution in [2.24, 2.45) is 0 Å².